The molecular weight excluding hydrogens is 678 g/mol. The Morgan fingerprint density at radius 3 is 2.65 bits per heavy atom. The molecule has 1 atom stereocenters. The van der Waals surface area contributed by atoms with E-state index < -0.39 is 11.9 Å². The van der Waals surface area contributed by atoms with Gasteiger partial charge >= 0.3 is 0 Å². The molecule has 1 fully saturated rings. The fourth-order valence-corrected chi connectivity index (χ4v) is 4.03. The molecule has 1 aliphatic heterocycles. The number of piperidine rings is 1. The Morgan fingerprint density at radius 1 is 1.15 bits per heavy atom. The van der Waals surface area contributed by atoms with Crippen molar-refractivity contribution < 1.29 is 68.1 Å². The van der Waals surface area contributed by atoms with E-state index >= 15 is 0 Å². The molecule has 3 N–H and O–H groups in total. The topological polar surface area (TPSA) is 100.0 Å². The van der Waals surface area contributed by atoms with E-state index in [4.69, 9.17) is 21.1 Å². The van der Waals surface area contributed by atoms with Crippen LogP contribution in [-0.2, 0) is 0 Å². The maximum absolute atomic E-state index is 14.3. The number of fused-ring (bicyclic) bond motifs is 1. The molecule has 3 aromatic rings. The number of nitrogens with zero attached hydrogens (tertiary/aromatic N) is 3. The van der Waals surface area contributed by atoms with Crippen molar-refractivity contribution in [3.63, 3.8) is 0 Å². The predicted molar refractivity (Wildman–Crippen MR) is 124 cm³/mol. The Balaban J connectivity index is 0.00000324. The number of halogens is 2. The first kappa shape index (κ1) is 27.2. The van der Waals surface area contributed by atoms with Gasteiger partial charge in [-0.3, -0.25) is 0 Å². The number of phenols is 1. The van der Waals surface area contributed by atoms with Crippen LogP contribution in [0.4, 0.5) is 15.9 Å². The van der Waals surface area contributed by atoms with Gasteiger partial charge in [-0.25, -0.2) is 14.4 Å². The number of methoxy groups -OCH3 is 1. The van der Waals surface area contributed by atoms with Crippen molar-refractivity contribution in [1.82, 2.24) is 14.9 Å². The normalized spacial score (nSPS) is 14.9. The van der Waals surface area contributed by atoms with E-state index in [0.717, 1.165) is 32.0 Å². The fourth-order valence-electron chi connectivity index (χ4n) is 3.88. The van der Waals surface area contributed by atoms with E-state index in [-0.39, 0.29) is 67.1 Å². The SMILES string of the molecule is COc1cc2c(Nc3cc(O)c(Cl)cc3F)ncnc2cc1OCC(O)CN1CCCCC1.[Ac]. The van der Waals surface area contributed by atoms with Crippen LogP contribution in [0.2, 0.25) is 5.02 Å². The van der Waals surface area contributed by atoms with E-state index in [2.05, 4.69) is 20.2 Å². The summed E-state index contributed by atoms with van der Waals surface area (Å²) in [6, 6.07) is 5.57. The van der Waals surface area contributed by atoms with Crippen molar-refractivity contribution >= 4 is 34.0 Å². The van der Waals surface area contributed by atoms with E-state index in [9.17, 15) is 14.6 Å². The second-order valence-electron chi connectivity index (χ2n) is 7.98. The number of hydrogen-bond donors (Lipinski definition) is 3. The average molecular weight is 704 g/mol. The Hall–Kier alpha value is -1.44. The summed E-state index contributed by atoms with van der Waals surface area (Å²) < 4.78 is 25.6. The number of rotatable bonds is 8. The first-order chi connectivity index (χ1) is 15.9. The Labute approximate surface area is 238 Å². The van der Waals surface area contributed by atoms with Crippen molar-refractivity contribution in [3.05, 3.63) is 41.4 Å². The standard InChI is InChI=1S/C23H26ClFN4O4.Ac/c1-32-21-7-15-18(10-22(21)33-12-14(30)11-29-5-3-2-4-6-29)26-13-27-23(15)28-19-9-20(31)16(24)8-17(19)25;/h7-10,13-14,30-31H,2-6,11-12H2,1H3,(H,26,27,28);. The summed E-state index contributed by atoms with van der Waals surface area (Å²) >= 11 is 5.75. The quantitative estimate of drug-likeness (QED) is 0.323. The summed E-state index contributed by atoms with van der Waals surface area (Å²) in [6.45, 7) is 2.67. The Morgan fingerprint density at radius 2 is 1.91 bits per heavy atom. The smallest absolute Gasteiger partial charge is 0.163 e. The van der Waals surface area contributed by atoms with Gasteiger partial charge in [0.05, 0.1) is 23.3 Å². The largest absolute Gasteiger partial charge is 0.506 e. The number of aromatic nitrogens is 2. The van der Waals surface area contributed by atoms with Crippen molar-refractivity contribution in [2.75, 3.05) is 38.7 Å². The molecule has 2 heterocycles. The molecule has 0 aliphatic carbocycles. The number of hydrogen-bond acceptors (Lipinski definition) is 8. The van der Waals surface area contributed by atoms with E-state index in [1.54, 1.807) is 12.1 Å². The van der Waals surface area contributed by atoms with Crippen molar-refractivity contribution in [1.29, 1.82) is 0 Å². The number of aromatic hydroxyl groups is 1. The third-order valence-electron chi connectivity index (χ3n) is 5.56. The van der Waals surface area contributed by atoms with Gasteiger partial charge < -0.3 is 29.9 Å². The summed E-state index contributed by atoms with van der Waals surface area (Å²) in [5, 5.41) is 23.6. The van der Waals surface area contributed by atoms with Gasteiger partial charge in [-0.1, -0.05) is 18.0 Å². The van der Waals surface area contributed by atoms with Crippen molar-refractivity contribution in [2.24, 2.45) is 0 Å². The third-order valence-corrected chi connectivity index (χ3v) is 5.86. The zero-order valence-electron chi connectivity index (χ0n) is 18.8. The van der Waals surface area contributed by atoms with Crippen molar-refractivity contribution in [3.8, 4) is 17.2 Å². The van der Waals surface area contributed by atoms with E-state index in [1.165, 1.54) is 25.9 Å². The number of aliphatic hydroxyl groups is 1. The minimum Gasteiger partial charge on any atom is -0.506 e. The molecule has 1 aliphatic rings. The molecule has 1 unspecified atom stereocenters. The molecule has 2 aromatic carbocycles. The van der Waals surface area contributed by atoms with Crippen molar-refractivity contribution in [2.45, 2.75) is 25.4 Å². The zero-order chi connectivity index (χ0) is 23.4. The van der Waals surface area contributed by atoms with Gasteiger partial charge in [-0.05, 0) is 38.1 Å². The molecule has 34 heavy (non-hydrogen) atoms. The van der Waals surface area contributed by atoms with Crippen LogP contribution in [0.15, 0.2) is 30.6 Å². The summed E-state index contributed by atoms with van der Waals surface area (Å²) in [4.78, 5) is 10.7. The maximum Gasteiger partial charge on any atom is 0.163 e. The zero-order valence-corrected chi connectivity index (χ0v) is 24.3. The molecule has 0 amide bonds. The molecular formula is C23H26AcClFN4O4. The minimum atomic E-state index is -0.640. The maximum atomic E-state index is 14.3. The Kier molecular flexibility index (Phi) is 9.98. The number of benzene rings is 2. The third kappa shape index (κ3) is 6.61. The van der Waals surface area contributed by atoms with Crippen LogP contribution in [0.5, 0.6) is 17.2 Å². The number of aliphatic hydroxyl groups excluding tert-OH is 1. The van der Waals surface area contributed by atoms with Crippen LogP contribution in [0.1, 0.15) is 19.3 Å². The first-order valence-electron chi connectivity index (χ1n) is 10.8. The minimum absolute atomic E-state index is 0. The number of anilines is 2. The van der Waals surface area contributed by atoms with Gasteiger partial charge in [0, 0.05) is 68.1 Å². The number of likely N-dealkylation sites (tertiary alicyclic amines) is 1. The van der Waals surface area contributed by atoms with Crippen LogP contribution < -0.4 is 14.8 Å². The average Bonchev–Trinajstić information content (AvgIpc) is 2.81. The second kappa shape index (κ2) is 12.5. The van der Waals surface area contributed by atoms with Gasteiger partial charge in [0.2, 0.25) is 0 Å². The van der Waals surface area contributed by atoms with Crippen LogP contribution in [0.3, 0.4) is 0 Å². The molecule has 1 aromatic heterocycles. The van der Waals surface area contributed by atoms with Crippen LogP contribution in [0, 0.1) is 49.9 Å². The Bertz CT molecular complexity index is 1130. The number of phenolic OH excluding ortho intramolecular Hbond substituents is 1. The van der Waals surface area contributed by atoms with Gasteiger partial charge in [-0.15, -0.1) is 0 Å². The monoisotopic (exact) mass is 703 g/mol. The van der Waals surface area contributed by atoms with Crippen LogP contribution in [0.25, 0.3) is 10.9 Å². The summed E-state index contributed by atoms with van der Waals surface area (Å²) in [5.41, 5.74) is 0.546. The van der Waals surface area contributed by atoms with Gasteiger partial charge in [0.15, 0.2) is 11.5 Å². The molecule has 0 saturated carbocycles. The summed E-state index contributed by atoms with van der Waals surface area (Å²) in [5.74, 6) is 0.276. The molecule has 1 saturated heterocycles. The molecule has 0 bridgehead atoms. The van der Waals surface area contributed by atoms with Crippen LogP contribution in [-0.4, -0.2) is 64.5 Å². The number of nitrogens with one attached hydrogen (secondary N) is 1. The second-order valence-corrected chi connectivity index (χ2v) is 8.38. The summed E-state index contributed by atoms with van der Waals surface area (Å²) in [6.07, 6.45) is 4.25. The molecule has 179 valence electrons. The first-order valence-corrected chi connectivity index (χ1v) is 11.1. The molecule has 8 nitrogen and oxygen atoms in total. The molecule has 0 spiro atoms. The van der Waals surface area contributed by atoms with Gasteiger partial charge in [-0.2, -0.15) is 0 Å². The number of ether oxygens (including phenoxy) is 2. The van der Waals surface area contributed by atoms with E-state index in [1.807, 2.05) is 0 Å². The molecule has 1 radical (unpaired) electrons. The summed E-state index contributed by atoms with van der Waals surface area (Å²) in [7, 11) is 1.51. The van der Waals surface area contributed by atoms with E-state index in [0.29, 0.717) is 34.8 Å². The van der Waals surface area contributed by atoms with Gasteiger partial charge in [0.1, 0.15) is 36.4 Å². The van der Waals surface area contributed by atoms with Crippen LogP contribution >= 0.6 is 11.6 Å². The molecule has 4 rings (SSSR count). The fraction of sp³-hybridized carbons (Fsp3) is 0.391. The van der Waals surface area contributed by atoms with Gasteiger partial charge in [0.25, 0.3) is 0 Å². The predicted octanol–water partition coefficient (Wildman–Crippen LogP) is 4.11. The molecule has 11 heteroatoms. The number of β-amino-alcohol motifs (C(OH)–C–C–N with tert-alkyl or cyclic N) is 1.